The minimum absolute atomic E-state index is 0.232. The number of rotatable bonds is 4. The van der Waals surface area contributed by atoms with Crippen LogP contribution >= 0.6 is 0 Å². The molecule has 1 saturated heterocycles. The molecule has 21 heavy (non-hydrogen) atoms. The Bertz CT molecular complexity index is 511. The third kappa shape index (κ3) is 4.44. The molecule has 1 aromatic rings. The lowest BCUT2D eigenvalue weighted by Crippen LogP contribution is -2.43. The van der Waals surface area contributed by atoms with E-state index < -0.39 is 24.1 Å². The number of hydrogen-bond donors (Lipinski definition) is 2. The maximum atomic E-state index is 12.7. The highest BCUT2D eigenvalue weighted by Gasteiger charge is 2.31. The number of alkyl halides is 3. The van der Waals surface area contributed by atoms with Gasteiger partial charge in [0, 0.05) is 32.7 Å². The molecule has 0 atom stereocenters. The summed E-state index contributed by atoms with van der Waals surface area (Å²) in [6.07, 6.45) is -4.85. The Morgan fingerprint density at radius 3 is 2.48 bits per heavy atom. The van der Waals surface area contributed by atoms with Crippen LogP contribution in [-0.2, 0) is 23.9 Å². The molecular formula is C14H17F3N2O2. The molecule has 1 aromatic carbocycles. The molecule has 116 valence electrons. The molecule has 0 amide bonds. The first-order chi connectivity index (χ1) is 9.86. The number of aliphatic carboxylic acids is 1. The van der Waals surface area contributed by atoms with Gasteiger partial charge in [-0.3, -0.25) is 9.69 Å². The van der Waals surface area contributed by atoms with E-state index in [9.17, 15) is 18.0 Å². The normalized spacial score (nSPS) is 16.9. The van der Waals surface area contributed by atoms with Crippen LogP contribution in [0, 0.1) is 0 Å². The number of piperazine rings is 1. The van der Waals surface area contributed by atoms with Gasteiger partial charge in [-0.15, -0.1) is 0 Å². The summed E-state index contributed by atoms with van der Waals surface area (Å²) in [5.41, 5.74) is 0.0750. The Hall–Kier alpha value is -1.60. The van der Waals surface area contributed by atoms with E-state index in [4.69, 9.17) is 5.11 Å². The van der Waals surface area contributed by atoms with Crippen molar-refractivity contribution in [1.29, 1.82) is 0 Å². The fraction of sp³-hybridized carbons (Fsp3) is 0.500. The molecule has 0 bridgehead atoms. The van der Waals surface area contributed by atoms with Crippen LogP contribution in [0.15, 0.2) is 18.2 Å². The monoisotopic (exact) mass is 302 g/mol. The molecule has 1 heterocycles. The molecule has 2 rings (SSSR count). The van der Waals surface area contributed by atoms with E-state index in [1.807, 2.05) is 0 Å². The van der Waals surface area contributed by atoms with Gasteiger partial charge in [0.25, 0.3) is 0 Å². The highest BCUT2D eigenvalue weighted by atomic mass is 19.4. The topological polar surface area (TPSA) is 52.6 Å². The summed E-state index contributed by atoms with van der Waals surface area (Å²) >= 11 is 0. The molecule has 0 aliphatic carbocycles. The van der Waals surface area contributed by atoms with Crippen LogP contribution in [0.3, 0.4) is 0 Å². The van der Waals surface area contributed by atoms with Crippen molar-refractivity contribution >= 4 is 5.97 Å². The molecule has 1 aliphatic heterocycles. The van der Waals surface area contributed by atoms with Gasteiger partial charge in [-0.2, -0.15) is 13.2 Å². The molecule has 0 radical (unpaired) electrons. The number of nitrogens with one attached hydrogen (secondary N) is 1. The van der Waals surface area contributed by atoms with Crippen LogP contribution in [-0.4, -0.2) is 42.2 Å². The molecule has 1 fully saturated rings. The van der Waals surface area contributed by atoms with E-state index in [0.29, 0.717) is 12.1 Å². The van der Waals surface area contributed by atoms with Crippen molar-refractivity contribution in [2.75, 3.05) is 26.2 Å². The lowest BCUT2D eigenvalue weighted by Gasteiger charge is -2.28. The van der Waals surface area contributed by atoms with Crippen molar-refractivity contribution in [2.24, 2.45) is 0 Å². The minimum Gasteiger partial charge on any atom is -0.481 e. The Morgan fingerprint density at radius 1 is 1.24 bits per heavy atom. The second kappa shape index (κ2) is 6.44. The SMILES string of the molecule is O=C(O)Cc1cc(C(F)(F)F)ccc1CN1CCNCC1. The van der Waals surface area contributed by atoms with Crippen molar-refractivity contribution in [3.05, 3.63) is 34.9 Å². The summed E-state index contributed by atoms with van der Waals surface area (Å²) in [7, 11) is 0. The van der Waals surface area contributed by atoms with E-state index in [1.54, 1.807) is 0 Å². The van der Waals surface area contributed by atoms with Gasteiger partial charge in [0.15, 0.2) is 0 Å². The van der Waals surface area contributed by atoms with Crippen molar-refractivity contribution < 1.29 is 23.1 Å². The second-order valence-electron chi connectivity index (χ2n) is 5.08. The smallest absolute Gasteiger partial charge is 0.416 e. The molecule has 7 heteroatoms. The lowest BCUT2D eigenvalue weighted by molar-refractivity contribution is -0.138. The Labute approximate surface area is 120 Å². The van der Waals surface area contributed by atoms with Crippen LogP contribution in [0.25, 0.3) is 0 Å². The van der Waals surface area contributed by atoms with Crippen molar-refractivity contribution in [1.82, 2.24) is 10.2 Å². The van der Waals surface area contributed by atoms with Gasteiger partial charge in [-0.1, -0.05) is 6.07 Å². The van der Waals surface area contributed by atoms with Crippen molar-refractivity contribution in [3.63, 3.8) is 0 Å². The first-order valence-corrected chi connectivity index (χ1v) is 6.70. The zero-order valence-electron chi connectivity index (χ0n) is 11.4. The maximum Gasteiger partial charge on any atom is 0.416 e. The largest absolute Gasteiger partial charge is 0.481 e. The summed E-state index contributed by atoms with van der Waals surface area (Å²) in [4.78, 5) is 13.0. The van der Waals surface area contributed by atoms with Gasteiger partial charge in [-0.05, 0) is 23.3 Å². The third-order valence-electron chi connectivity index (χ3n) is 3.48. The van der Waals surface area contributed by atoms with Crippen LogP contribution in [0.5, 0.6) is 0 Å². The Balaban J connectivity index is 2.23. The van der Waals surface area contributed by atoms with Crippen LogP contribution in [0.4, 0.5) is 13.2 Å². The molecule has 0 unspecified atom stereocenters. The minimum atomic E-state index is -4.46. The van der Waals surface area contributed by atoms with E-state index in [2.05, 4.69) is 10.2 Å². The second-order valence-corrected chi connectivity index (χ2v) is 5.08. The number of carboxylic acids is 1. The molecule has 4 nitrogen and oxygen atoms in total. The highest BCUT2D eigenvalue weighted by Crippen LogP contribution is 2.31. The molecule has 1 aliphatic rings. The van der Waals surface area contributed by atoms with Crippen molar-refractivity contribution in [3.8, 4) is 0 Å². The first-order valence-electron chi connectivity index (χ1n) is 6.70. The predicted molar refractivity (Wildman–Crippen MR) is 70.9 cm³/mol. The summed E-state index contributed by atoms with van der Waals surface area (Å²) in [5, 5.41) is 12.1. The van der Waals surface area contributed by atoms with Gasteiger partial charge < -0.3 is 10.4 Å². The highest BCUT2D eigenvalue weighted by molar-refractivity contribution is 5.71. The summed E-state index contributed by atoms with van der Waals surface area (Å²) < 4.78 is 38.2. The van der Waals surface area contributed by atoms with Crippen molar-refractivity contribution in [2.45, 2.75) is 19.1 Å². The molecular weight excluding hydrogens is 285 g/mol. The lowest BCUT2D eigenvalue weighted by atomic mass is 10.00. The van der Waals surface area contributed by atoms with E-state index in [-0.39, 0.29) is 5.56 Å². The quantitative estimate of drug-likeness (QED) is 0.889. The van der Waals surface area contributed by atoms with E-state index in [1.165, 1.54) is 6.07 Å². The Morgan fingerprint density at radius 2 is 1.90 bits per heavy atom. The molecule has 0 saturated carbocycles. The zero-order chi connectivity index (χ0) is 15.5. The average molecular weight is 302 g/mol. The zero-order valence-corrected chi connectivity index (χ0v) is 11.4. The third-order valence-corrected chi connectivity index (χ3v) is 3.48. The predicted octanol–water partition coefficient (Wildman–Crippen LogP) is 1.74. The van der Waals surface area contributed by atoms with Crippen LogP contribution < -0.4 is 5.32 Å². The van der Waals surface area contributed by atoms with Gasteiger partial charge in [-0.25, -0.2) is 0 Å². The number of hydrogen-bond acceptors (Lipinski definition) is 3. The number of nitrogens with zero attached hydrogens (tertiary/aromatic N) is 1. The molecule has 0 spiro atoms. The van der Waals surface area contributed by atoms with Gasteiger partial charge in [0.05, 0.1) is 12.0 Å². The van der Waals surface area contributed by atoms with Crippen LogP contribution in [0.1, 0.15) is 16.7 Å². The van der Waals surface area contributed by atoms with Crippen LogP contribution in [0.2, 0.25) is 0 Å². The number of carboxylic acid groups (broad SMARTS) is 1. The van der Waals surface area contributed by atoms with Gasteiger partial charge in [0.1, 0.15) is 0 Å². The molecule has 2 N–H and O–H groups in total. The summed E-state index contributed by atoms with van der Waals surface area (Å²) in [6.45, 7) is 3.73. The number of halogens is 3. The molecule has 0 aromatic heterocycles. The van der Waals surface area contributed by atoms with Gasteiger partial charge in [0.2, 0.25) is 0 Å². The van der Waals surface area contributed by atoms with E-state index in [0.717, 1.165) is 38.3 Å². The van der Waals surface area contributed by atoms with Gasteiger partial charge >= 0.3 is 12.1 Å². The van der Waals surface area contributed by atoms with E-state index >= 15 is 0 Å². The number of benzene rings is 1. The number of carbonyl (C=O) groups is 1. The average Bonchev–Trinajstić information content (AvgIpc) is 2.40. The summed E-state index contributed by atoms with van der Waals surface area (Å²) in [5.74, 6) is -1.13. The fourth-order valence-corrected chi connectivity index (χ4v) is 2.39. The summed E-state index contributed by atoms with van der Waals surface area (Å²) in [6, 6.07) is 3.36. The first kappa shape index (κ1) is 15.8. The maximum absolute atomic E-state index is 12.7. The fourth-order valence-electron chi connectivity index (χ4n) is 2.39. The Kier molecular flexibility index (Phi) is 4.84. The standard InChI is InChI=1S/C14H17F3N2O2/c15-14(16,17)12-2-1-10(11(7-12)8-13(20)21)9-19-5-3-18-4-6-19/h1-2,7,18H,3-6,8-9H2,(H,20,21).